The van der Waals surface area contributed by atoms with Gasteiger partial charge in [-0.05, 0) is 47.9 Å². The van der Waals surface area contributed by atoms with E-state index < -0.39 is 51.0 Å². The number of benzene rings is 3. The van der Waals surface area contributed by atoms with Crippen LogP contribution in [0.25, 0.3) is 12.2 Å². The first-order valence-corrected chi connectivity index (χ1v) is 12.0. The van der Waals surface area contributed by atoms with E-state index in [4.69, 9.17) is 9.47 Å². The summed E-state index contributed by atoms with van der Waals surface area (Å²) in [6.07, 6.45) is 2.94. The van der Waals surface area contributed by atoms with Gasteiger partial charge in [0.2, 0.25) is 0 Å². The van der Waals surface area contributed by atoms with Crippen molar-refractivity contribution in [2.75, 3.05) is 7.11 Å². The van der Waals surface area contributed by atoms with Gasteiger partial charge in [-0.15, -0.1) is 0 Å². The Morgan fingerprint density at radius 3 is 2.08 bits per heavy atom. The number of carbonyl (C=O) groups excluding carboxylic acids is 3. The number of ether oxygens (including phenoxy) is 2. The Hall–Kier alpha value is -5.39. The van der Waals surface area contributed by atoms with E-state index in [0.29, 0.717) is 5.56 Å². The van der Waals surface area contributed by atoms with Crippen molar-refractivity contribution >= 4 is 41.3 Å². The Morgan fingerprint density at radius 1 is 0.875 bits per heavy atom. The van der Waals surface area contributed by atoms with Gasteiger partial charge in [0, 0.05) is 6.07 Å². The molecule has 1 atom stereocenters. The van der Waals surface area contributed by atoms with Crippen LogP contribution < -0.4 is 9.47 Å². The molecular formula is C28H23N3O9. The summed E-state index contributed by atoms with van der Waals surface area (Å²) in [5.74, 6) is -2.26. The topological polar surface area (TPSA) is 159 Å². The van der Waals surface area contributed by atoms with Crippen molar-refractivity contribution in [2.24, 2.45) is 5.92 Å². The van der Waals surface area contributed by atoms with Crippen molar-refractivity contribution in [3.05, 3.63) is 103 Å². The quantitative estimate of drug-likeness (QED) is 0.0909. The molecule has 204 valence electrons. The molecule has 0 N–H and O–H groups in total. The highest BCUT2D eigenvalue weighted by atomic mass is 16.6. The third kappa shape index (κ3) is 5.27. The van der Waals surface area contributed by atoms with Crippen LogP contribution in [-0.2, 0) is 4.79 Å². The lowest BCUT2D eigenvalue weighted by Crippen LogP contribution is -2.49. The highest BCUT2D eigenvalue weighted by Crippen LogP contribution is 2.33. The number of nitro groups is 2. The van der Waals surface area contributed by atoms with Gasteiger partial charge in [-0.1, -0.05) is 38.1 Å². The molecule has 0 aliphatic carbocycles. The van der Waals surface area contributed by atoms with E-state index in [-0.39, 0.29) is 28.2 Å². The van der Waals surface area contributed by atoms with E-state index in [1.807, 2.05) is 0 Å². The fraction of sp³-hybridized carbons (Fsp3) is 0.179. The van der Waals surface area contributed by atoms with E-state index in [9.17, 15) is 34.6 Å². The first-order valence-electron chi connectivity index (χ1n) is 12.0. The van der Waals surface area contributed by atoms with Gasteiger partial charge in [-0.25, -0.2) is 4.79 Å². The summed E-state index contributed by atoms with van der Waals surface area (Å²) >= 11 is 0. The van der Waals surface area contributed by atoms with Crippen LogP contribution in [-0.4, -0.2) is 45.7 Å². The number of fused-ring (bicyclic) bond motifs is 1. The molecule has 1 aliphatic rings. The largest absolute Gasteiger partial charge is 0.493 e. The number of methoxy groups -OCH3 is 1. The van der Waals surface area contributed by atoms with Crippen LogP contribution >= 0.6 is 0 Å². The SMILES string of the molecule is COc1cc(/C=C/c2ccc([N+](=O)[O-])cc2[N+](=O)[O-])ccc1OC(=O)C(C(C)C)N1C(=O)c2ccccc2C1=O. The summed E-state index contributed by atoms with van der Waals surface area (Å²) in [5.41, 5.74) is 0.255. The van der Waals surface area contributed by atoms with Crippen molar-refractivity contribution in [2.45, 2.75) is 19.9 Å². The highest BCUT2D eigenvalue weighted by molar-refractivity contribution is 6.22. The van der Waals surface area contributed by atoms with Gasteiger partial charge >= 0.3 is 5.97 Å². The number of amides is 2. The summed E-state index contributed by atoms with van der Waals surface area (Å²) < 4.78 is 10.9. The number of carbonyl (C=O) groups is 3. The van der Waals surface area contributed by atoms with E-state index in [2.05, 4.69) is 0 Å². The molecule has 0 bridgehead atoms. The van der Waals surface area contributed by atoms with Crippen LogP contribution in [0.1, 0.15) is 45.7 Å². The molecule has 0 saturated heterocycles. The zero-order valence-electron chi connectivity index (χ0n) is 21.6. The second-order valence-corrected chi connectivity index (χ2v) is 9.14. The number of hydrogen-bond donors (Lipinski definition) is 0. The lowest BCUT2D eigenvalue weighted by atomic mass is 10.0. The summed E-state index contributed by atoms with van der Waals surface area (Å²) in [5, 5.41) is 22.4. The number of rotatable bonds is 9. The zero-order valence-corrected chi connectivity index (χ0v) is 21.6. The number of nitro benzene ring substituents is 2. The van der Waals surface area contributed by atoms with Crippen LogP contribution in [0.4, 0.5) is 11.4 Å². The van der Waals surface area contributed by atoms with Gasteiger partial charge < -0.3 is 9.47 Å². The van der Waals surface area contributed by atoms with E-state index in [1.54, 1.807) is 32.0 Å². The molecule has 12 heteroatoms. The number of esters is 1. The number of imide groups is 1. The van der Waals surface area contributed by atoms with Crippen molar-refractivity contribution in [1.29, 1.82) is 0 Å². The van der Waals surface area contributed by atoms with E-state index in [1.165, 1.54) is 49.6 Å². The monoisotopic (exact) mass is 545 g/mol. The van der Waals surface area contributed by atoms with Crippen molar-refractivity contribution < 1.29 is 33.7 Å². The van der Waals surface area contributed by atoms with Crippen molar-refractivity contribution in [3.8, 4) is 11.5 Å². The van der Waals surface area contributed by atoms with E-state index >= 15 is 0 Å². The Bertz CT molecular complexity index is 1540. The van der Waals surface area contributed by atoms with Crippen LogP contribution in [0, 0.1) is 26.1 Å². The molecule has 0 aromatic heterocycles. The smallest absolute Gasteiger partial charge is 0.335 e. The molecule has 1 aliphatic heterocycles. The van der Waals surface area contributed by atoms with E-state index in [0.717, 1.165) is 17.0 Å². The molecule has 1 heterocycles. The Morgan fingerprint density at radius 2 is 1.52 bits per heavy atom. The molecule has 2 amide bonds. The summed E-state index contributed by atoms with van der Waals surface area (Å²) in [7, 11) is 1.35. The third-order valence-electron chi connectivity index (χ3n) is 6.25. The summed E-state index contributed by atoms with van der Waals surface area (Å²) in [6, 6.07) is 13.0. The molecule has 0 spiro atoms. The average Bonchev–Trinajstić information content (AvgIpc) is 3.17. The molecule has 3 aromatic rings. The molecule has 40 heavy (non-hydrogen) atoms. The summed E-state index contributed by atoms with van der Waals surface area (Å²) in [4.78, 5) is 61.1. The predicted molar refractivity (Wildman–Crippen MR) is 143 cm³/mol. The predicted octanol–water partition coefficient (Wildman–Crippen LogP) is 4.91. The molecule has 1 unspecified atom stereocenters. The van der Waals surface area contributed by atoms with Crippen molar-refractivity contribution in [3.63, 3.8) is 0 Å². The second-order valence-electron chi connectivity index (χ2n) is 9.14. The number of hydrogen-bond acceptors (Lipinski definition) is 9. The fourth-order valence-electron chi connectivity index (χ4n) is 4.31. The lowest BCUT2D eigenvalue weighted by Gasteiger charge is -2.27. The minimum Gasteiger partial charge on any atom is -0.493 e. The zero-order chi connectivity index (χ0) is 29.1. The highest BCUT2D eigenvalue weighted by Gasteiger charge is 2.45. The molecular weight excluding hydrogens is 522 g/mol. The van der Waals surface area contributed by atoms with Gasteiger partial charge in [0.05, 0.1) is 39.7 Å². The molecule has 3 aromatic carbocycles. The molecule has 0 saturated carbocycles. The lowest BCUT2D eigenvalue weighted by molar-refractivity contribution is -0.394. The fourth-order valence-corrected chi connectivity index (χ4v) is 4.31. The Balaban J connectivity index is 1.58. The average molecular weight is 546 g/mol. The Labute approximate surface area is 227 Å². The first kappa shape index (κ1) is 27.6. The normalized spacial score (nSPS) is 13.4. The molecule has 0 radical (unpaired) electrons. The standard InChI is InChI=1S/C28H23N3O9/c1-16(2)25(29-26(32)20-6-4-5-7-21(20)27(29)33)28(34)40-23-13-9-17(14-24(23)39-3)8-10-18-11-12-19(30(35)36)15-22(18)31(37)38/h4-16,25H,1-3H3/b10-8+. The molecule has 0 fully saturated rings. The minimum atomic E-state index is -1.20. The first-order chi connectivity index (χ1) is 19.0. The number of nitrogens with zero attached hydrogens (tertiary/aromatic N) is 3. The maximum absolute atomic E-state index is 13.3. The van der Waals surface area contributed by atoms with Crippen LogP contribution in [0.5, 0.6) is 11.5 Å². The van der Waals surface area contributed by atoms with Gasteiger partial charge in [0.25, 0.3) is 23.2 Å². The van der Waals surface area contributed by atoms with Crippen LogP contribution in [0.3, 0.4) is 0 Å². The maximum Gasteiger partial charge on any atom is 0.335 e. The second kappa shape index (κ2) is 11.2. The van der Waals surface area contributed by atoms with Crippen molar-refractivity contribution in [1.82, 2.24) is 4.90 Å². The van der Waals surface area contributed by atoms with Gasteiger partial charge in [0.15, 0.2) is 11.5 Å². The maximum atomic E-state index is 13.3. The third-order valence-corrected chi connectivity index (χ3v) is 6.25. The number of non-ortho nitro benzene ring substituents is 1. The Kier molecular flexibility index (Phi) is 7.71. The minimum absolute atomic E-state index is 0.0354. The van der Waals surface area contributed by atoms with Crippen LogP contribution in [0.15, 0.2) is 60.7 Å². The van der Waals surface area contributed by atoms with Gasteiger partial charge in [0.1, 0.15) is 6.04 Å². The molecule has 4 rings (SSSR count). The van der Waals surface area contributed by atoms with Gasteiger partial charge in [-0.2, -0.15) is 0 Å². The molecule has 12 nitrogen and oxygen atoms in total. The van der Waals surface area contributed by atoms with Gasteiger partial charge in [-0.3, -0.25) is 34.7 Å². The summed E-state index contributed by atoms with van der Waals surface area (Å²) in [6.45, 7) is 3.38. The van der Waals surface area contributed by atoms with Crippen LogP contribution in [0.2, 0.25) is 0 Å².